The molecule has 0 bridgehead atoms. The Bertz CT molecular complexity index is 1480. The van der Waals surface area contributed by atoms with Crippen LogP contribution in [0.2, 0.25) is 5.02 Å². The lowest BCUT2D eigenvalue weighted by Gasteiger charge is -2.41. The number of phenolic OH excluding ortho intramolecular Hbond substituents is 1. The molecule has 6 rings (SSSR count). The highest BCUT2D eigenvalue weighted by atomic mass is 35.5. The zero-order valence-electron chi connectivity index (χ0n) is 19.5. The van der Waals surface area contributed by atoms with Crippen LogP contribution in [0.1, 0.15) is 35.3 Å². The highest BCUT2D eigenvalue weighted by Crippen LogP contribution is 2.55. The number of anilines is 1. The van der Waals surface area contributed by atoms with Crippen molar-refractivity contribution in [2.45, 2.75) is 25.0 Å². The van der Waals surface area contributed by atoms with E-state index in [1.807, 2.05) is 0 Å². The first-order valence-electron chi connectivity index (χ1n) is 11.2. The molecular formula is C25H21ClN4O6. The van der Waals surface area contributed by atoms with Gasteiger partial charge in [0.05, 0.1) is 14.2 Å². The minimum Gasteiger partial charge on any atom is -0.508 e. The van der Waals surface area contributed by atoms with Gasteiger partial charge in [-0.05, 0) is 24.1 Å². The van der Waals surface area contributed by atoms with E-state index in [-0.39, 0.29) is 33.6 Å². The summed E-state index contributed by atoms with van der Waals surface area (Å²) in [6.07, 6.45) is 1.72. The van der Waals surface area contributed by atoms with Crippen LogP contribution in [-0.4, -0.2) is 51.3 Å². The number of halogens is 1. The summed E-state index contributed by atoms with van der Waals surface area (Å²) in [7, 11) is 2.86. The number of nitrogens with zero attached hydrogens (tertiary/aromatic N) is 3. The molecule has 0 radical (unpaired) electrons. The van der Waals surface area contributed by atoms with Gasteiger partial charge in [0.1, 0.15) is 40.2 Å². The SMILES string of the molecule is COc1cc(OC)c2c(c1Cl)OC1(C(=O)C3=C(CC1C)Nc1ncnn1C3c1ccc(O)cc1)C2=O. The number of nitrogens with one attached hydrogen (secondary N) is 1. The number of ketones is 2. The molecule has 0 saturated carbocycles. The van der Waals surface area contributed by atoms with Crippen molar-refractivity contribution >= 4 is 29.1 Å². The van der Waals surface area contributed by atoms with E-state index in [9.17, 15) is 14.7 Å². The standard InChI is InChI=1S/C25H21ClN4O6/c1-11-8-14-17(20(12-4-6-13(31)7-5-12)30-24(29-14)27-10-28-30)22(32)25(11)23(33)18-15(34-2)9-16(35-3)19(26)21(18)36-25/h4-7,9-11,20,31H,8H2,1-3H3,(H,27,28,29). The van der Waals surface area contributed by atoms with Gasteiger partial charge in [-0.2, -0.15) is 10.1 Å². The second-order valence-electron chi connectivity index (χ2n) is 8.94. The number of hydrogen-bond acceptors (Lipinski definition) is 9. The van der Waals surface area contributed by atoms with E-state index in [2.05, 4.69) is 15.4 Å². The molecule has 2 aliphatic heterocycles. The Hall–Kier alpha value is -4.05. The monoisotopic (exact) mass is 508 g/mol. The Morgan fingerprint density at radius 2 is 1.89 bits per heavy atom. The molecule has 3 aromatic rings. The Labute approximate surface area is 210 Å². The average Bonchev–Trinajstić information content (AvgIpc) is 3.46. The molecule has 2 N–H and O–H groups in total. The van der Waals surface area contributed by atoms with Gasteiger partial charge in [-0.1, -0.05) is 30.7 Å². The van der Waals surface area contributed by atoms with Crippen molar-refractivity contribution in [2.75, 3.05) is 19.5 Å². The van der Waals surface area contributed by atoms with E-state index >= 15 is 0 Å². The molecular weight excluding hydrogens is 488 g/mol. The van der Waals surface area contributed by atoms with E-state index in [0.29, 0.717) is 29.2 Å². The molecule has 3 aliphatic rings. The van der Waals surface area contributed by atoms with Crippen LogP contribution in [-0.2, 0) is 4.79 Å². The molecule has 3 atom stereocenters. The fraction of sp³-hybridized carbons (Fsp3) is 0.280. The van der Waals surface area contributed by atoms with Crippen LogP contribution in [0.5, 0.6) is 23.0 Å². The van der Waals surface area contributed by atoms with Crippen molar-refractivity contribution in [1.29, 1.82) is 0 Å². The molecule has 10 nitrogen and oxygen atoms in total. The number of rotatable bonds is 3. The van der Waals surface area contributed by atoms with Crippen molar-refractivity contribution in [3.05, 3.63) is 64.1 Å². The molecule has 0 amide bonds. The van der Waals surface area contributed by atoms with Crippen molar-refractivity contribution < 1.29 is 28.9 Å². The number of allylic oxidation sites excluding steroid dienone is 1. The molecule has 0 saturated heterocycles. The van der Waals surface area contributed by atoms with Crippen LogP contribution < -0.4 is 19.5 Å². The molecule has 3 unspecified atom stereocenters. The van der Waals surface area contributed by atoms with E-state index in [4.69, 9.17) is 25.8 Å². The summed E-state index contributed by atoms with van der Waals surface area (Å²) in [5.74, 6) is -0.463. The molecule has 184 valence electrons. The number of phenols is 1. The molecule has 36 heavy (non-hydrogen) atoms. The number of benzene rings is 2. The third-order valence-corrected chi connectivity index (χ3v) is 7.45. The van der Waals surface area contributed by atoms with Crippen LogP contribution in [0.4, 0.5) is 5.95 Å². The fourth-order valence-corrected chi connectivity index (χ4v) is 5.62. The van der Waals surface area contributed by atoms with Crippen molar-refractivity contribution in [1.82, 2.24) is 14.8 Å². The quantitative estimate of drug-likeness (QED) is 0.511. The second kappa shape index (κ2) is 7.72. The molecule has 11 heteroatoms. The first-order valence-corrected chi connectivity index (χ1v) is 11.6. The summed E-state index contributed by atoms with van der Waals surface area (Å²) in [4.78, 5) is 32.8. The summed E-state index contributed by atoms with van der Waals surface area (Å²) in [6.45, 7) is 1.79. The van der Waals surface area contributed by atoms with Crippen LogP contribution >= 0.6 is 11.6 Å². The highest BCUT2D eigenvalue weighted by Gasteiger charge is 2.63. The van der Waals surface area contributed by atoms with Crippen LogP contribution in [0, 0.1) is 5.92 Å². The molecule has 3 heterocycles. The van der Waals surface area contributed by atoms with E-state index in [1.54, 1.807) is 23.7 Å². The van der Waals surface area contributed by atoms with Crippen molar-refractivity contribution in [2.24, 2.45) is 5.92 Å². The van der Waals surface area contributed by atoms with Gasteiger partial charge in [0, 0.05) is 23.3 Å². The number of Topliss-reactive ketones (excluding diaryl/α,β-unsaturated/α-hetero) is 2. The molecule has 2 aromatic carbocycles. The molecule has 1 aromatic heterocycles. The third kappa shape index (κ3) is 2.78. The van der Waals surface area contributed by atoms with Crippen LogP contribution in [0.3, 0.4) is 0 Å². The summed E-state index contributed by atoms with van der Waals surface area (Å²) >= 11 is 6.54. The smallest absolute Gasteiger partial charge is 0.236 e. The number of carbonyl (C=O) groups excluding carboxylic acids is 2. The van der Waals surface area contributed by atoms with Gasteiger partial charge in [-0.25, -0.2) is 4.68 Å². The van der Waals surface area contributed by atoms with E-state index < -0.39 is 29.1 Å². The number of ether oxygens (including phenoxy) is 3. The van der Waals surface area contributed by atoms with Crippen molar-refractivity contribution in [3.63, 3.8) is 0 Å². The van der Waals surface area contributed by atoms with Crippen LogP contribution in [0.15, 0.2) is 47.9 Å². The minimum absolute atomic E-state index is 0.0634. The first-order chi connectivity index (χ1) is 17.3. The third-order valence-electron chi connectivity index (χ3n) is 7.09. The number of fused-ring (bicyclic) bond motifs is 2. The average molecular weight is 509 g/mol. The summed E-state index contributed by atoms with van der Waals surface area (Å²) in [5.41, 5.74) is -0.0789. The minimum atomic E-state index is -1.85. The van der Waals surface area contributed by atoms with Crippen LogP contribution in [0.25, 0.3) is 0 Å². The topological polar surface area (TPSA) is 125 Å². The maximum absolute atomic E-state index is 14.5. The lowest BCUT2D eigenvalue weighted by molar-refractivity contribution is -0.130. The number of aromatic nitrogens is 3. The van der Waals surface area contributed by atoms with E-state index in [0.717, 1.165) is 0 Å². The number of aromatic hydroxyl groups is 1. The maximum Gasteiger partial charge on any atom is 0.236 e. The Balaban J connectivity index is 1.54. The summed E-state index contributed by atoms with van der Waals surface area (Å²) in [6, 6.07) is 7.29. The van der Waals surface area contributed by atoms with Gasteiger partial charge in [-0.15, -0.1) is 0 Å². The largest absolute Gasteiger partial charge is 0.508 e. The molecule has 0 fully saturated rings. The van der Waals surface area contributed by atoms with Gasteiger partial charge >= 0.3 is 0 Å². The Morgan fingerprint density at radius 1 is 1.17 bits per heavy atom. The Kier molecular flexibility index (Phi) is 4.81. The van der Waals surface area contributed by atoms with Gasteiger partial charge in [0.15, 0.2) is 5.75 Å². The highest BCUT2D eigenvalue weighted by molar-refractivity contribution is 6.36. The number of carbonyl (C=O) groups is 2. The number of hydrogen-bond donors (Lipinski definition) is 2. The Morgan fingerprint density at radius 3 is 2.58 bits per heavy atom. The number of methoxy groups -OCH3 is 2. The second-order valence-corrected chi connectivity index (χ2v) is 9.32. The van der Waals surface area contributed by atoms with Gasteiger partial charge in [-0.3, -0.25) is 9.59 Å². The molecule has 1 aliphatic carbocycles. The zero-order chi connectivity index (χ0) is 25.4. The fourth-order valence-electron chi connectivity index (χ4n) is 5.35. The summed E-state index contributed by atoms with van der Waals surface area (Å²) < 4.78 is 18.6. The van der Waals surface area contributed by atoms with Gasteiger partial charge in [0.25, 0.3) is 0 Å². The van der Waals surface area contributed by atoms with E-state index in [1.165, 1.54) is 38.7 Å². The predicted octanol–water partition coefficient (Wildman–Crippen LogP) is 3.55. The lowest BCUT2D eigenvalue weighted by atomic mass is 9.69. The van der Waals surface area contributed by atoms with Crippen molar-refractivity contribution in [3.8, 4) is 23.0 Å². The normalized spacial score (nSPS) is 24.1. The first kappa shape index (κ1) is 22.4. The molecule has 1 spiro atoms. The van der Waals surface area contributed by atoms with Gasteiger partial charge < -0.3 is 24.6 Å². The summed E-state index contributed by atoms with van der Waals surface area (Å²) in [5, 5.41) is 17.5. The zero-order valence-corrected chi connectivity index (χ0v) is 20.3. The predicted molar refractivity (Wildman–Crippen MR) is 128 cm³/mol. The van der Waals surface area contributed by atoms with Gasteiger partial charge in [0.2, 0.25) is 23.1 Å². The maximum atomic E-state index is 14.5. The lowest BCUT2D eigenvalue weighted by Crippen LogP contribution is -2.58.